The van der Waals surface area contributed by atoms with E-state index in [2.05, 4.69) is 34.3 Å². The third kappa shape index (κ3) is 5.12. The van der Waals surface area contributed by atoms with Gasteiger partial charge in [-0.1, -0.05) is 12.1 Å². The van der Waals surface area contributed by atoms with Crippen LogP contribution in [0.5, 0.6) is 0 Å². The minimum atomic E-state index is -0.462. The van der Waals surface area contributed by atoms with Gasteiger partial charge in [0.05, 0.1) is 5.69 Å². The van der Waals surface area contributed by atoms with Gasteiger partial charge < -0.3 is 15.8 Å². The molecule has 8 heteroatoms. The van der Waals surface area contributed by atoms with E-state index in [0.717, 1.165) is 25.2 Å². The predicted octanol–water partition coefficient (Wildman–Crippen LogP) is 2.45. The van der Waals surface area contributed by atoms with Gasteiger partial charge in [-0.2, -0.15) is 4.98 Å². The van der Waals surface area contributed by atoms with Crippen LogP contribution in [-0.2, 0) is 11.2 Å². The van der Waals surface area contributed by atoms with Crippen LogP contribution < -0.4 is 16.7 Å². The van der Waals surface area contributed by atoms with Gasteiger partial charge in [0.25, 0.3) is 0 Å². The Morgan fingerprint density at radius 3 is 2.47 bits per heavy atom. The van der Waals surface area contributed by atoms with E-state index in [9.17, 15) is 9.59 Å². The van der Waals surface area contributed by atoms with Crippen LogP contribution in [0, 0.1) is 17.8 Å². The Balaban J connectivity index is 1.24. The first-order chi connectivity index (χ1) is 15.1. The fraction of sp³-hybridized carbons (Fsp3) is 0.542. The maximum Gasteiger partial charge on any atom is 0.407 e. The van der Waals surface area contributed by atoms with Gasteiger partial charge in [-0.3, -0.25) is 9.47 Å². The molecule has 0 bridgehead atoms. The summed E-state index contributed by atoms with van der Waals surface area (Å²) in [5, 5.41) is 2.92. The first-order valence-electron chi connectivity index (χ1n) is 11.3. The van der Waals surface area contributed by atoms with Crippen molar-refractivity contribution in [2.75, 3.05) is 25.4 Å². The van der Waals surface area contributed by atoms with Crippen LogP contribution in [0.25, 0.3) is 5.69 Å². The van der Waals surface area contributed by atoms with Gasteiger partial charge in [-0.15, -0.1) is 0 Å². The fourth-order valence-corrected chi connectivity index (χ4v) is 4.74. The molecule has 8 nitrogen and oxygen atoms in total. The molecule has 172 valence electrons. The first-order valence-corrected chi connectivity index (χ1v) is 11.3. The monoisotopic (exact) mass is 439 g/mol. The van der Waals surface area contributed by atoms with Crippen molar-refractivity contribution in [2.45, 2.75) is 45.8 Å². The van der Waals surface area contributed by atoms with Gasteiger partial charge >= 0.3 is 11.8 Å². The fourth-order valence-electron chi connectivity index (χ4n) is 4.74. The predicted molar refractivity (Wildman–Crippen MR) is 124 cm³/mol. The quantitative estimate of drug-likeness (QED) is 0.717. The molecule has 1 aliphatic carbocycles. The summed E-state index contributed by atoms with van der Waals surface area (Å²) in [6.07, 6.45) is 2.27. The minimum absolute atomic E-state index is 0.225. The molecular weight excluding hydrogens is 406 g/mol. The number of piperidine rings is 1. The summed E-state index contributed by atoms with van der Waals surface area (Å²) < 4.78 is 6.81. The molecule has 32 heavy (non-hydrogen) atoms. The molecular formula is C24H33N5O3. The number of alkyl carbamates (subject to hydrolysis) is 1. The number of amides is 1. The van der Waals surface area contributed by atoms with Crippen LogP contribution in [0.1, 0.15) is 33.3 Å². The number of benzene rings is 1. The number of nitrogens with zero attached hydrogens (tertiary/aromatic N) is 3. The molecule has 1 aliphatic heterocycles. The van der Waals surface area contributed by atoms with Crippen molar-refractivity contribution >= 4 is 11.9 Å². The molecule has 0 spiro atoms. The average Bonchev–Trinajstić information content (AvgIpc) is 3.14. The second-order valence-corrected chi connectivity index (χ2v) is 10.1. The second-order valence-electron chi connectivity index (χ2n) is 10.1. The van der Waals surface area contributed by atoms with Crippen molar-refractivity contribution in [2.24, 2.45) is 17.8 Å². The molecule has 3 N–H and O–H groups in total. The number of nitrogens with two attached hydrogens (primary N) is 1. The molecule has 1 aromatic heterocycles. The number of ether oxygens (including phenoxy) is 1. The highest BCUT2D eigenvalue weighted by Crippen LogP contribution is 2.51. The topological polar surface area (TPSA) is 102 Å². The molecule has 1 saturated heterocycles. The van der Waals surface area contributed by atoms with Crippen LogP contribution in [0.3, 0.4) is 0 Å². The molecule has 2 aromatic rings. The van der Waals surface area contributed by atoms with Gasteiger partial charge in [-0.05, 0) is 75.6 Å². The number of carbonyl (C=O) groups is 1. The molecule has 1 amide bonds. The summed E-state index contributed by atoms with van der Waals surface area (Å²) in [5.41, 5.74) is 6.74. The number of nitrogen functional groups attached to an aromatic ring is 1. The van der Waals surface area contributed by atoms with Crippen molar-refractivity contribution in [1.82, 2.24) is 19.8 Å². The van der Waals surface area contributed by atoms with E-state index < -0.39 is 5.60 Å². The van der Waals surface area contributed by atoms with Gasteiger partial charge in [0, 0.05) is 31.9 Å². The van der Waals surface area contributed by atoms with Crippen LogP contribution in [0.15, 0.2) is 41.3 Å². The molecule has 2 aliphatic rings. The minimum Gasteiger partial charge on any atom is -0.444 e. The average molecular weight is 440 g/mol. The Hall–Kier alpha value is -2.87. The highest BCUT2D eigenvalue weighted by atomic mass is 16.6. The number of hydrogen-bond acceptors (Lipinski definition) is 6. The highest BCUT2D eigenvalue weighted by Gasteiger charge is 2.55. The lowest BCUT2D eigenvalue weighted by atomic mass is 10.0. The number of fused-ring (bicyclic) bond motifs is 1. The Labute approximate surface area is 188 Å². The Morgan fingerprint density at radius 1 is 1.22 bits per heavy atom. The van der Waals surface area contributed by atoms with Crippen LogP contribution in [0.2, 0.25) is 0 Å². The number of hydrogen-bond donors (Lipinski definition) is 2. The van der Waals surface area contributed by atoms with E-state index in [1.165, 1.54) is 10.1 Å². The molecule has 2 fully saturated rings. The van der Waals surface area contributed by atoms with E-state index in [1.807, 2.05) is 32.9 Å². The Bertz CT molecular complexity index is 1020. The summed E-state index contributed by atoms with van der Waals surface area (Å²) >= 11 is 0. The maximum atomic E-state index is 12.0. The molecule has 2 heterocycles. The molecule has 1 aromatic carbocycles. The van der Waals surface area contributed by atoms with Crippen molar-refractivity contribution in [3.8, 4) is 5.69 Å². The van der Waals surface area contributed by atoms with Gasteiger partial charge in [0.1, 0.15) is 11.4 Å². The summed E-state index contributed by atoms with van der Waals surface area (Å²) in [7, 11) is 0. The van der Waals surface area contributed by atoms with E-state index in [0.29, 0.717) is 30.3 Å². The lowest BCUT2D eigenvalue weighted by Crippen LogP contribution is -2.37. The third-order valence-corrected chi connectivity index (χ3v) is 6.47. The van der Waals surface area contributed by atoms with E-state index in [4.69, 9.17) is 10.5 Å². The zero-order chi connectivity index (χ0) is 23.0. The van der Waals surface area contributed by atoms with Crippen LogP contribution >= 0.6 is 0 Å². The SMILES string of the molecule is C[C@H](Cc1ccc(-n2ccc(N)nc2=O)cc1)N1CC2C(CNC(=O)OC(C)(C)C)C2C1. The van der Waals surface area contributed by atoms with Crippen molar-refractivity contribution in [3.63, 3.8) is 0 Å². The summed E-state index contributed by atoms with van der Waals surface area (Å²) in [6.45, 7) is 10.8. The summed E-state index contributed by atoms with van der Waals surface area (Å²) in [6, 6.07) is 10.1. The number of anilines is 1. The number of rotatable bonds is 6. The molecule has 2 unspecified atom stereocenters. The number of likely N-dealkylation sites (tertiary alicyclic amines) is 1. The second kappa shape index (κ2) is 8.58. The normalized spacial score (nSPS) is 23.4. The van der Waals surface area contributed by atoms with Crippen molar-refractivity contribution in [3.05, 3.63) is 52.6 Å². The molecule has 0 radical (unpaired) electrons. The molecule has 3 atom stereocenters. The van der Waals surface area contributed by atoms with Crippen molar-refractivity contribution < 1.29 is 9.53 Å². The molecule has 1 saturated carbocycles. The van der Waals surface area contributed by atoms with E-state index in [1.54, 1.807) is 12.3 Å². The number of nitrogens with one attached hydrogen (secondary N) is 1. The van der Waals surface area contributed by atoms with Crippen LogP contribution in [-0.4, -0.2) is 51.8 Å². The largest absolute Gasteiger partial charge is 0.444 e. The maximum absolute atomic E-state index is 12.0. The number of aromatic nitrogens is 2. The highest BCUT2D eigenvalue weighted by molar-refractivity contribution is 5.67. The molecule has 4 rings (SSSR count). The lowest BCUT2D eigenvalue weighted by Gasteiger charge is -2.27. The van der Waals surface area contributed by atoms with Crippen LogP contribution in [0.4, 0.5) is 10.6 Å². The van der Waals surface area contributed by atoms with E-state index >= 15 is 0 Å². The van der Waals surface area contributed by atoms with Crippen molar-refractivity contribution in [1.29, 1.82) is 0 Å². The first kappa shape index (κ1) is 22.3. The van der Waals surface area contributed by atoms with Gasteiger partial charge in [0.2, 0.25) is 0 Å². The Kier molecular flexibility index (Phi) is 5.99. The standard InChI is InChI=1S/C24H33N5O3/c1-15(11-16-5-7-17(8-6-16)29-10-9-21(25)27-22(29)30)28-13-19-18(20(19)14-28)12-26-23(31)32-24(2,3)4/h5-10,15,18-20H,11-14H2,1-4H3,(H,26,31)(H2,25,27,30)/t15-,18?,19?,20?/m1/s1. The van der Waals surface area contributed by atoms with Gasteiger partial charge in [-0.25, -0.2) is 9.59 Å². The van der Waals surface area contributed by atoms with E-state index in [-0.39, 0.29) is 17.6 Å². The zero-order valence-electron chi connectivity index (χ0n) is 19.2. The van der Waals surface area contributed by atoms with Gasteiger partial charge in [0.15, 0.2) is 0 Å². The summed E-state index contributed by atoms with van der Waals surface area (Å²) in [4.78, 5) is 30.2. The third-order valence-electron chi connectivity index (χ3n) is 6.47. The summed E-state index contributed by atoms with van der Waals surface area (Å²) in [5.74, 6) is 2.12. The zero-order valence-corrected chi connectivity index (χ0v) is 19.2. The smallest absolute Gasteiger partial charge is 0.407 e. The Morgan fingerprint density at radius 2 is 1.88 bits per heavy atom. The number of carbonyl (C=O) groups excluding carboxylic acids is 1. The lowest BCUT2D eigenvalue weighted by molar-refractivity contribution is 0.0522.